The monoisotopic (exact) mass is 321 g/mol. The summed E-state index contributed by atoms with van der Waals surface area (Å²) in [6.07, 6.45) is 0. The van der Waals surface area contributed by atoms with Crippen LogP contribution in [0, 0.1) is 5.82 Å². The van der Waals surface area contributed by atoms with Gasteiger partial charge < -0.3 is 10.2 Å². The van der Waals surface area contributed by atoms with Gasteiger partial charge in [-0.05, 0) is 18.2 Å². The molecule has 0 radical (unpaired) electrons. The van der Waals surface area contributed by atoms with Crippen LogP contribution in [0.3, 0.4) is 0 Å². The van der Waals surface area contributed by atoms with Gasteiger partial charge in [0.05, 0.1) is 7.05 Å². The number of hydrogen-bond acceptors (Lipinski definition) is 1. The first kappa shape index (κ1) is 16.5. The highest BCUT2D eigenvalue weighted by molar-refractivity contribution is 6.30. The van der Waals surface area contributed by atoms with Crippen molar-refractivity contribution < 1.29 is 14.1 Å². The molecule has 0 aromatic heterocycles. The van der Waals surface area contributed by atoms with Gasteiger partial charge >= 0.3 is 0 Å². The highest BCUT2D eigenvalue weighted by Gasteiger charge is 2.11. The summed E-state index contributed by atoms with van der Waals surface area (Å²) in [5.41, 5.74) is 1.61. The minimum absolute atomic E-state index is 0.102. The summed E-state index contributed by atoms with van der Waals surface area (Å²) in [5, 5.41) is 3.44. The van der Waals surface area contributed by atoms with Crippen molar-refractivity contribution in [1.82, 2.24) is 5.32 Å². The zero-order chi connectivity index (χ0) is 15.9. The van der Waals surface area contributed by atoms with E-state index in [0.29, 0.717) is 17.1 Å². The summed E-state index contributed by atoms with van der Waals surface area (Å²) in [7, 11) is 1.94. The second-order valence-corrected chi connectivity index (χ2v) is 5.74. The normalized spacial score (nSPS) is 12.0. The van der Waals surface area contributed by atoms with Gasteiger partial charge in [-0.25, -0.2) is 4.39 Å². The predicted molar refractivity (Wildman–Crippen MR) is 85.2 cm³/mol. The van der Waals surface area contributed by atoms with Crippen LogP contribution in [-0.2, 0) is 17.9 Å². The standard InChI is InChI=1S/C17H18ClFN2O/c1-21(11-13-6-8-15(18)9-7-13)12-17(22)20-10-14-4-2-3-5-16(14)19/h2-9H,10-12H2,1H3,(H,20,22)/p+1. The molecule has 2 aromatic rings. The average Bonchev–Trinajstić information content (AvgIpc) is 2.49. The first-order valence-electron chi connectivity index (χ1n) is 7.10. The number of hydrogen-bond donors (Lipinski definition) is 2. The maximum Gasteiger partial charge on any atom is 0.275 e. The lowest BCUT2D eigenvalue weighted by atomic mass is 10.2. The van der Waals surface area contributed by atoms with E-state index in [1.807, 2.05) is 31.3 Å². The van der Waals surface area contributed by atoms with Crippen LogP contribution in [0.5, 0.6) is 0 Å². The van der Waals surface area contributed by atoms with E-state index in [0.717, 1.165) is 17.0 Å². The molecule has 2 N–H and O–H groups in total. The summed E-state index contributed by atoms with van der Waals surface area (Å²) in [6, 6.07) is 14.0. The van der Waals surface area contributed by atoms with Crippen molar-refractivity contribution in [3.8, 4) is 0 Å². The van der Waals surface area contributed by atoms with Gasteiger partial charge in [0.15, 0.2) is 6.54 Å². The molecule has 0 heterocycles. The average molecular weight is 322 g/mol. The van der Waals surface area contributed by atoms with Crippen molar-refractivity contribution >= 4 is 17.5 Å². The molecule has 0 saturated carbocycles. The fraction of sp³-hybridized carbons (Fsp3) is 0.235. The second kappa shape index (κ2) is 7.92. The van der Waals surface area contributed by atoms with E-state index < -0.39 is 0 Å². The number of rotatable bonds is 6. The lowest BCUT2D eigenvalue weighted by molar-refractivity contribution is -0.885. The largest absolute Gasteiger partial charge is 0.347 e. The molecule has 0 aliphatic rings. The molecule has 3 nitrogen and oxygen atoms in total. The van der Waals surface area contributed by atoms with Gasteiger partial charge in [0.25, 0.3) is 5.91 Å². The lowest BCUT2D eigenvalue weighted by Gasteiger charge is -2.14. The maximum atomic E-state index is 13.5. The minimum Gasteiger partial charge on any atom is -0.347 e. The molecule has 5 heteroatoms. The van der Waals surface area contributed by atoms with Crippen molar-refractivity contribution in [2.45, 2.75) is 13.1 Å². The zero-order valence-electron chi connectivity index (χ0n) is 12.4. The number of carbonyl (C=O) groups is 1. The van der Waals surface area contributed by atoms with Crippen LogP contribution in [0.4, 0.5) is 4.39 Å². The minimum atomic E-state index is -0.301. The van der Waals surface area contributed by atoms with Crippen LogP contribution in [0.1, 0.15) is 11.1 Å². The summed E-state index contributed by atoms with van der Waals surface area (Å²) in [6.45, 7) is 1.26. The Kier molecular flexibility index (Phi) is 5.92. The molecule has 22 heavy (non-hydrogen) atoms. The number of likely N-dealkylation sites (N-methyl/N-ethyl adjacent to an activating group) is 1. The molecule has 0 aliphatic heterocycles. The van der Waals surface area contributed by atoms with Gasteiger partial charge in [-0.3, -0.25) is 4.79 Å². The Morgan fingerprint density at radius 3 is 2.55 bits per heavy atom. The Labute approximate surface area is 134 Å². The molecule has 0 spiro atoms. The Hall–Kier alpha value is -1.91. The smallest absolute Gasteiger partial charge is 0.275 e. The number of nitrogens with one attached hydrogen (secondary N) is 2. The van der Waals surface area contributed by atoms with Crippen molar-refractivity contribution in [2.24, 2.45) is 0 Å². The van der Waals surface area contributed by atoms with Crippen LogP contribution in [0.15, 0.2) is 48.5 Å². The Bertz CT molecular complexity index is 631. The summed E-state index contributed by atoms with van der Waals surface area (Å²) in [5.74, 6) is -0.403. The molecule has 0 saturated heterocycles. The van der Waals surface area contributed by atoms with Crippen LogP contribution >= 0.6 is 11.6 Å². The van der Waals surface area contributed by atoms with E-state index in [-0.39, 0.29) is 18.3 Å². The van der Waals surface area contributed by atoms with E-state index in [2.05, 4.69) is 5.32 Å². The van der Waals surface area contributed by atoms with Gasteiger partial charge in [0.1, 0.15) is 12.4 Å². The first-order valence-corrected chi connectivity index (χ1v) is 7.48. The molecular formula is C17H19ClFN2O+. The number of halogens is 2. The Morgan fingerprint density at radius 2 is 1.86 bits per heavy atom. The van der Waals surface area contributed by atoms with E-state index >= 15 is 0 Å². The van der Waals surface area contributed by atoms with Gasteiger partial charge in [-0.15, -0.1) is 0 Å². The van der Waals surface area contributed by atoms with Crippen molar-refractivity contribution in [3.63, 3.8) is 0 Å². The molecule has 1 atom stereocenters. The predicted octanol–water partition coefficient (Wildman–Crippen LogP) is 1.81. The molecule has 0 bridgehead atoms. The number of quaternary nitrogens is 1. The highest BCUT2D eigenvalue weighted by Crippen LogP contribution is 2.08. The topological polar surface area (TPSA) is 33.5 Å². The molecule has 116 valence electrons. The quantitative estimate of drug-likeness (QED) is 0.836. The van der Waals surface area contributed by atoms with Crippen LogP contribution in [-0.4, -0.2) is 19.5 Å². The number of amides is 1. The maximum absolute atomic E-state index is 13.5. The van der Waals surface area contributed by atoms with Gasteiger partial charge in [0, 0.05) is 22.7 Å². The third kappa shape index (κ3) is 5.13. The van der Waals surface area contributed by atoms with E-state index in [4.69, 9.17) is 11.6 Å². The number of carbonyl (C=O) groups excluding carboxylic acids is 1. The lowest BCUT2D eigenvalue weighted by Crippen LogP contribution is -3.08. The first-order chi connectivity index (χ1) is 10.5. The van der Waals surface area contributed by atoms with Crippen molar-refractivity contribution in [2.75, 3.05) is 13.6 Å². The van der Waals surface area contributed by atoms with E-state index in [1.165, 1.54) is 6.07 Å². The summed E-state index contributed by atoms with van der Waals surface area (Å²) in [4.78, 5) is 13.0. The molecule has 0 aliphatic carbocycles. The fourth-order valence-electron chi connectivity index (χ4n) is 2.19. The molecule has 2 rings (SSSR count). The Morgan fingerprint density at radius 1 is 1.18 bits per heavy atom. The van der Waals surface area contributed by atoms with E-state index in [1.54, 1.807) is 18.2 Å². The van der Waals surface area contributed by atoms with Crippen LogP contribution in [0.25, 0.3) is 0 Å². The Balaban J connectivity index is 1.79. The highest BCUT2D eigenvalue weighted by atomic mass is 35.5. The van der Waals surface area contributed by atoms with Crippen LogP contribution < -0.4 is 10.2 Å². The van der Waals surface area contributed by atoms with Gasteiger partial charge in [0.2, 0.25) is 0 Å². The second-order valence-electron chi connectivity index (χ2n) is 5.31. The molecular weight excluding hydrogens is 303 g/mol. The fourth-order valence-corrected chi connectivity index (χ4v) is 2.31. The SMILES string of the molecule is C[NH+](CC(=O)NCc1ccccc1F)Cc1ccc(Cl)cc1. The molecule has 2 aromatic carbocycles. The molecule has 1 amide bonds. The van der Waals surface area contributed by atoms with Gasteiger partial charge in [-0.1, -0.05) is 41.9 Å². The van der Waals surface area contributed by atoms with Gasteiger partial charge in [-0.2, -0.15) is 0 Å². The summed E-state index contributed by atoms with van der Waals surface area (Å²) < 4.78 is 13.5. The molecule has 0 fully saturated rings. The van der Waals surface area contributed by atoms with Crippen molar-refractivity contribution in [3.05, 3.63) is 70.5 Å². The number of benzene rings is 2. The molecule has 1 unspecified atom stereocenters. The summed E-state index contributed by atoms with van der Waals surface area (Å²) >= 11 is 5.84. The third-order valence-corrected chi connectivity index (χ3v) is 3.57. The zero-order valence-corrected chi connectivity index (χ0v) is 13.2. The van der Waals surface area contributed by atoms with Crippen molar-refractivity contribution in [1.29, 1.82) is 0 Å². The third-order valence-electron chi connectivity index (χ3n) is 3.32. The van der Waals surface area contributed by atoms with Crippen LogP contribution in [0.2, 0.25) is 5.02 Å². The van der Waals surface area contributed by atoms with E-state index in [9.17, 15) is 9.18 Å².